The molecule has 0 saturated heterocycles. The van der Waals surface area contributed by atoms with Gasteiger partial charge in [0, 0.05) is 11.4 Å². The van der Waals surface area contributed by atoms with Crippen molar-refractivity contribution in [3.8, 4) is 0 Å². The largest absolute Gasteiger partial charge is 0.461 e. The molecular weight excluding hydrogens is 228 g/mol. The van der Waals surface area contributed by atoms with Crippen molar-refractivity contribution in [3.05, 3.63) is 34.9 Å². The monoisotopic (exact) mass is 240 g/mol. The zero-order valence-electron chi connectivity index (χ0n) is 9.03. The first kappa shape index (κ1) is 12.7. The molecule has 0 fully saturated rings. The molecule has 4 heteroatoms. The van der Waals surface area contributed by atoms with E-state index in [4.69, 9.17) is 16.3 Å². The van der Waals surface area contributed by atoms with Crippen molar-refractivity contribution >= 4 is 23.4 Å². The second kappa shape index (κ2) is 6.28. The van der Waals surface area contributed by atoms with E-state index < -0.39 is 0 Å². The summed E-state index contributed by atoms with van der Waals surface area (Å²) < 4.78 is 4.98. The van der Waals surface area contributed by atoms with Crippen molar-refractivity contribution in [2.75, 3.05) is 0 Å². The maximum atomic E-state index is 11.2. The van der Waals surface area contributed by atoms with Gasteiger partial charge in [-0.25, -0.2) is 0 Å². The predicted octanol–water partition coefficient (Wildman–Crippen LogP) is 2.75. The highest BCUT2D eigenvalue weighted by atomic mass is 35.5. The Morgan fingerprint density at radius 3 is 2.38 bits per heavy atom. The van der Waals surface area contributed by atoms with Crippen LogP contribution < -0.4 is 0 Å². The lowest BCUT2D eigenvalue weighted by Gasteiger charge is -2.04. The molecule has 0 saturated carbocycles. The summed E-state index contributed by atoms with van der Waals surface area (Å²) in [6.45, 7) is 1.67. The van der Waals surface area contributed by atoms with E-state index in [1.54, 1.807) is 24.3 Å². The first-order valence-electron chi connectivity index (χ1n) is 4.97. The molecule has 1 rings (SSSR count). The van der Waals surface area contributed by atoms with Crippen molar-refractivity contribution in [1.82, 2.24) is 0 Å². The van der Waals surface area contributed by atoms with Crippen molar-refractivity contribution in [2.24, 2.45) is 0 Å². The van der Waals surface area contributed by atoms with Gasteiger partial charge in [-0.15, -0.1) is 0 Å². The van der Waals surface area contributed by atoms with Gasteiger partial charge in [0.15, 0.2) is 0 Å². The number of ketones is 1. The maximum absolute atomic E-state index is 11.2. The lowest BCUT2D eigenvalue weighted by atomic mass is 10.2. The molecule has 1 aromatic rings. The number of carbonyl (C=O) groups excluding carboxylic acids is 2. The summed E-state index contributed by atoms with van der Waals surface area (Å²) in [6.07, 6.45) is 0.377. The fourth-order valence-electron chi connectivity index (χ4n) is 1.09. The molecule has 0 spiro atoms. The molecule has 0 aliphatic heterocycles. The van der Waals surface area contributed by atoms with E-state index in [2.05, 4.69) is 0 Å². The summed E-state index contributed by atoms with van der Waals surface area (Å²) >= 11 is 5.71. The predicted molar refractivity (Wildman–Crippen MR) is 61.2 cm³/mol. The number of ether oxygens (including phenoxy) is 1. The van der Waals surface area contributed by atoms with E-state index in [-0.39, 0.29) is 31.2 Å². The number of halogens is 1. The summed E-state index contributed by atoms with van der Waals surface area (Å²) in [4.78, 5) is 21.8. The molecule has 0 amide bonds. The van der Waals surface area contributed by atoms with E-state index in [0.717, 1.165) is 5.56 Å². The normalized spacial score (nSPS) is 9.88. The summed E-state index contributed by atoms with van der Waals surface area (Å²) in [6, 6.07) is 7.06. The van der Waals surface area contributed by atoms with Crippen molar-refractivity contribution in [3.63, 3.8) is 0 Å². The standard InChI is InChI=1S/C12H13ClO3/c1-9(14)2-7-12(15)16-8-10-3-5-11(13)6-4-10/h3-6H,2,7-8H2,1H3. The minimum atomic E-state index is -0.356. The van der Waals surface area contributed by atoms with Crippen molar-refractivity contribution < 1.29 is 14.3 Å². The molecule has 0 atom stereocenters. The third kappa shape index (κ3) is 4.94. The van der Waals surface area contributed by atoms with Gasteiger partial charge in [0.2, 0.25) is 0 Å². The Balaban J connectivity index is 2.31. The fraction of sp³-hybridized carbons (Fsp3) is 0.333. The molecule has 16 heavy (non-hydrogen) atoms. The Morgan fingerprint density at radius 2 is 1.81 bits per heavy atom. The fourth-order valence-corrected chi connectivity index (χ4v) is 1.22. The second-order valence-corrected chi connectivity index (χ2v) is 3.93. The first-order chi connectivity index (χ1) is 7.58. The summed E-state index contributed by atoms with van der Waals surface area (Å²) in [5.74, 6) is -0.367. The molecule has 3 nitrogen and oxygen atoms in total. The zero-order chi connectivity index (χ0) is 12.0. The van der Waals surface area contributed by atoms with Crippen molar-refractivity contribution in [1.29, 1.82) is 0 Å². The average molecular weight is 241 g/mol. The highest BCUT2D eigenvalue weighted by Crippen LogP contribution is 2.10. The number of benzene rings is 1. The summed E-state index contributed by atoms with van der Waals surface area (Å²) in [7, 11) is 0. The number of Topliss-reactive ketones (excluding diaryl/α,β-unsaturated/α-hetero) is 1. The van der Waals surface area contributed by atoms with Crippen LogP contribution in [-0.4, -0.2) is 11.8 Å². The van der Waals surface area contributed by atoms with E-state index in [1.807, 2.05) is 0 Å². The Hall–Kier alpha value is -1.35. The number of esters is 1. The molecular formula is C12H13ClO3. The lowest BCUT2D eigenvalue weighted by molar-refractivity contribution is -0.146. The van der Waals surface area contributed by atoms with Crippen LogP contribution in [-0.2, 0) is 20.9 Å². The van der Waals surface area contributed by atoms with Gasteiger partial charge in [0.05, 0.1) is 6.42 Å². The number of hydrogen-bond donors (Lipinski definition) is 0. The molecule has 0 aliphatic carbocycles. The number of rotatable bonds is 5. The van der Waals surface area contributed by atoms with Crippen LogP contribution in [0, 0.1) is 0 Å². The molecule has 0 bridgehead atoms. The van der Waals surface area contributed by atoms with Crippen LogP contribution in [0.5, 0.6) is 0 Å². The van der Waals surface area contributed by atoms with Crippen LogP contribution in [0.4, 0.5) is 0 Å². The molecule has 0 N–H and O–H groups in total. The van der Waals surface area contributed by atoms with E-state index in [0.29, 0.717) is 5.02 Å². The van der Waals surface area contributed by atoms with Crippen molar-refractivity contribution in [2.45, 2.75) is 26.4 Å². The third-order valence-electron chi connectivity index (χ3n) is 1.99. The summed E-state index contributed by atoms with van der Waals surface area (Å²) in [5, 5.41) is 0.645. The first-order valence-corrected chi connectivity index (χ1v) is 5.35. The van der Waals surface area contributed by atoms with Crippen LogP contribution in [0.25, 0.3) is 0 Å². The molecule has 86 valence electrons. The van der Waals surface area contributed by atoms with E-state index >= 15 is 0 Å². The van der Waals surface area contributed by atoms with Crippen LogP contribution in [0.3, 0.4) is 0 Å². The zero-order valence-corrected chi connectivity index (χ0v) is 9.79. The van der Waals surface area contributed by atoms with E-state index in [9.17, 15) is 9.59 Å². The highest BCUT2D eigenvalue weighted by Gasteiger charge is 2.05. The molecule has 0 aliphatic rings. The molecule has 0 radical (unpaired) electrons. The van der Waals surface area contributed by atoms with Gasteiger partial charge in [-0.05, 0) is 24.6 Å². The van der Waals surface area contributed by atoms with Gasteiger partial charge in [-0.3, -0.25) is 4.79 Å². The van der Waals surface area contributed by atoms with Crippen LogP contribution >= 0.6 is 11.6 Å². The Labute approximate surface area is 99.4 Å². The Morgan fingerprint density at radius 1 is 1.19 bits per heavy atom. The van der Waals surface area contributed by atoms with Gasteiger partial charge in [-0.2, -0.15) is 0 Å². The second-order valence-electron chi connectivity index (χ2n) is 3.49. The average Bonchev–Trinajstić information content (AvgIpc) is 2.25. The quantitative estimate of drug-likeness (QED) is 0.744. The SMILES string of the molecule is CC(=O)CCC(=O)OCc1ccc(Cl)cc1. The minimum absolute atomic E-state index is 0.0107. The number of hydrogen-bond acceptors (Lipinski definition) is 3. The van der Waals surface area contributed by atoms with Gasteiger partial charge in [-0.1, -0.05) is 23.7 Å². The smallest absolute Gasteiger partial charge is 0.306 e. The Kier molecular flexibility index (Phi) is 4.99. The molecule has 0 heterocycles. The maximum Gasteiger partial charge on any atom is 0.306 e. The van der Waals surface area contributed by atoms with Gasteiger partial charge >= 0.3 is 5.97 Å². The molecule has 0 unspecified atom stereocenters. The van der Waals surface area contributed by atoms with Gasteiger partial charge < -0.3 is 9.53 Å². The topological polar surface area (TPSA) is 43.4 Å². The lowest BCUT2D eigenvalue weighted by Crippen LogP contribution is -2.06. The van der Waals surface area contributed by atoms with E-state index in [1.165, 1.54) is 6.92 Å². The minimum Gasteiger partial charge on any atom is -0.461 e. The Bertz CT molecular complexity index is 370. The van der Waals surface area contributed by atoms with Crippen LogP contribution in [0.1, 0.15) is 25.3 Å². The number of carbonyl (C=O) groups is 2. The van der Waals surface area contributed by atoms with Crippen LogP contribution in [0.15, 0.2) is 24.3 Å². The summed E-state index contributed by atoms with van der Waals surface area (Å²) in [5.41, 5.74) is 0.876. The van der Waals surface area contributed by atoms with Crippen LogP contribution in [0.2, 0.25) is 5.02 Å². The highest BCUT2D eigenvalue weighted by molar-refractivity contribution is 6.30. The molecule has 1 aromatic carbocycles. The van der Waals surface area contributed by atoms with Gasteiger partial charge in [0.1, 0.15) is 12.4 Å². The molecule has 0 aromatic heterocycles. The third-order valence-corrected chi connectivity index (χ3v) is 2.25. The van der Waals surface area contributed by atoms with Gasteiger partial charge in [0.25, 0.3) is 0 Å².